The zero-order chi connectivity index (χ0) is 12.9. The summed E-state index contributed by atoms with van der Waals surface area (Å²) in [6.07, 6.45) is 0. The van der Waals surface area contributed by atoms with Crippen LogP contribution in [0.3, 0.4) is 0 Å². The van der Waals surface area contributed by atoms with Crippen LogP contribution in [0.2, 0.25) is 0 Å². The van der Waals surface area contributed by atoms with Gasteiger partial charge in [0.05, 0.1) is 0 Å². The van der Waals surface area contributed by atoms with Crippen LogP contribution in [0, 0.1) is 0 Å². The van der Waals surface area contributed by atoms with E-state index < -0.39 is 21.8 Å². The Morgan fingerprint density at radius 3 is 0.895 bits per heavy atom. The Labute approximate surface area is 122 Å². The van der Waals surface area contributed by atoms with Gasteiger partial charge < -0.3 is 0 Å². The van der Waals surface area contributed by atoms with E-state index in [9.17, 15) is 0 Å². The van der Waals surface area contributed by atoms with E-state index >= 15 is 0 Å². The van der Waals surface area contributed by atoms with E-state index in [0.717, 1.165) is 0 Å². The van der Waals surface area contributed by atoms with E-state index in [4.69, 9.17) is 0 Å². The van der Waals surface area contributed by atoms with Gasteiger partial charge in [-0.3, -0.25) is 0 Å². The zero-order valence-electron chi connectivity index (χ0n) is 10.6. The molecule has 0 amide bonds. The van der Waals surface area contributed by atoms with E-state index in [2.05, 4.69) is 91.0 Å². The molecule has 3 aromatic rings. The third-order valence-electron chi connectivity index (χ3n) is 3.04. The second-order valence-corrected chi connectivity index (χ2v) is 13.0. The Morgan fingerprint density at radius 1 is 0.368 bits per heavy atom. The van der Waals surface area contributed by atoms with E-state index in [1.807, 2.05) is 0 Å². The molecule has 0 spiro atoms. The number of hydrogen-bond acceptors (Lipinski definition) is 0. The molecule has 0 unspecified atom stereocenters. The molecule has 0 aliphatic heterocycles. The predicted octanol–water partition coefficient (Wildman–Crippen LogP) is 2.20. The van der Waals surface area contributed by atoms with Crippen LogP contribution in [0.1, 0.15) is 0 Å². The second-order valence-electron chi connectivity index (χ2n) is 4.34. The summed E-state index contributed by atoms with van der Waals surface area (Å²) in [5.41, 5.74) is 0. The van der Waals surface area contributed by atoms with Gasteiger partial charge >= 0.3 is 123 Å². The van der Waals surface area contributed by atoms with Crippen molar-refractivity contribution in [3.8, 4) is 0 Å². The normalized spacial score (nSPS) is 10.6. The first-order valence-electron chi connectivity index (χ1n) is 6.40. The molecule has 3 aromatic carbocycles. The van der Waals surface area contributed by atoms with Gasteiger partial charge in [-0.25, -0.2) is 0 Å². The standard InChI is InChI=1S/3C6H5.Bi/c3*1-2-4-6-5-3-1;/h3*1-5H;/i;;;1+113. The molecule has 3 rings (SSSR count). The van der Waals surface area contributed by atoms with Gasteiger partial charge in [0.15, 0.2) is 0 Å². The summed E-state index contributed by atoms with van der Waals surface area (Å²) < 4.78 is 4.61. The molecule has 0 aromatic heterocycles. The minimum atomic E-state index is -2.06. The summed E-state index contributed by atoms with van der Waals surface area (Å²) in [4.78, 5) is 0. The van der Waals surface area contributed by atoms with E-state index in [1.165, 1.54) is 9.81 Å². The predicted molar refractivity (Wildman–Crippen MR) is 84.0 cm³/mol. The molecule has 0 saturated heterocycles. The van der Waals surface area contributed by atoms with Crippen molar-refractivity contribution >= 4 is 31.6 Å². The van der Waals surface area contributed by atoms with Gasteiger partial charge in [0.25, 0.3) is 0 Å². The Kier molecular flexibility index (Phi) is 4.05. The van der Waals surface area contributed by atoms with Gasteiger partial charge in [-0.15, -0.1) is 0 Å². The second kappa shape index (κ2) is 6.13. The van der Waals surface area contributed by atoms with Crippen molar-refractivity contribution in [2.45, 2.75) is 0 Å². The van der Waals surface area contributed by atoms with Crippen molar-refractivity contribution in [1.29, 1.82) is 0 Å². The fourth-order valence-corrected chi connectivity index (χ4v) is 11.1. The van der Waals surface area contributed by atoms with Crippen LogP contribution in [0.25, 0.3) is 0 Å². The third kappa shape index (κ3) is 2.93. The van der Waals surface area contributed by atoms with Gasteiger partial charge in [0.1, 0.15) is 0 Å². The van der Waals surface area contributed by atoms with Crippen molar-refractivity contribution in [1.82, 2.24) is 0 Å². The van der Waals surface area contributed by atoms with Gasteiger partial charge in [-0.1, -0.05) is 0 Å². The van der Waals surface area contributed by atoms with Crippen LogP contribution < -0.4 is 9.81 Å². The number of rotatable bonds is 3. The maximum absolute atomic E-state index is 2.29. The average Bonchev–Trinajstić information content (AvgIpc) is 2.51. The van der Waals surface area contributed by atoms with E-state index in [-0.39, 0.29) is 0 Å². The summed E-state index contributed by atoms with van der Waals surface area (Å²) in [6, 6.07) is 33.0. The first kappa shape index (κ1) is 12.6. The summed E-state index contributed by atoms with van der Waals surface area (Å²) in [5, 5.41) is 0. The Balaban J connectivity index is 2.12. The van der Waals surface area contributed by atoms with Crippen molar-refractivity contribution in [2.75, 3.05) is 0 Å². The first-order valence-corrected chi connectivity index (χ1v) is 11.6. The van der Waals surface area contributed by atoms with Gasteiger partial charge in [0, 0.05) is 0 Å². The minimum absolute atomic E-state index is 1.54. The molecule has 0 nitrogen and oxygen atoms in total. The zero-order valence-corrected chi connectivity index (χ0v) is 14.1. The Hall–Kier alpha value is -1.46. The van der Waals surface area contributed by atoms with E-state index in [1.54, 1.807) is 0 Å². The fraction of sp³-hybridized carbons (Fsp3) is 0. The van der Waals surface area contributed by atoms with Crippen LogP contribution in [0.4, 0.5) is 0 Å². The van der Waals surface area contributed by atoms with Crippen molar-refractivity contribution < 1.29 is 0 Å². The Bertz CT molecular complexity index is 524. The molecule has 0 atom stereocenters. The molecule has 0 aliphatic rings. The average molecular weight is 234 g/mol. The van der Waals surface area contributed by atoms with Crippen LogP contribution in [-0.4, -0.2) is 21.8 Å². The van der Waals surface area contributed by atoms with Crippen molar-refractivity contribution in [3.05, 3.63) is 91.0 Å². The summed E-state index contributed by atoms with van der Waals surface area (Å²) in [5.74, 6) is 0. The number of hydrogen-bond donors (Lipinski definition) is 0. The molecule has 0 N–H and O–H groups in total. The molecule has 1 heteroatoms. The summed E-state index contributed by atoms with van der Waals surface area (Å²) in [7, 11) is 0. The number of benzene rings is 3. The quantitative estimate of drug-likeness (QED) is 0.609. The van der Waals surface area contributed by atoms with Crippen LogP contribution in [0.15, 0.2) is 91.0 Å². The van der Waals surface area contributed by atoms with Crippen LogP contribution in [-0.2, 0) is 0 Å². The van der Waals surface area contributed by atoms with Crippen LogP contribution in [0.5, 0.6) is 0 Å². The van der Waals surface area contributed by atoms with Gasteiger partial charge in [-0.05, 0) is 0 Å². The third-order valence-corrected chi connectivity index (χ3v) is 12.5. The monoisotopic (exact) mass is 234 g/mol. The first-order chi connectivity index (χ1) is 9.45. The molecule has 0 aliphatic carbocycles. The Morgan fingerprint density at radius 2 is 0.632 bits per heavy atom. The molecule has 0 bridgehead atoms. The summed E-state index contributed by atoms with van der Waals surface area (Å²) >= 11 is -2.06. The SMILES string of the molecule is c1cc[c]([3Bi]([c]2ccccc2)[c]2ccccc2)cc1. The van der Waals surface area contributed by atoms with Crippen molar-refractivity contribution in [3.63, 3.8) is 0 Å². The molecule has 0 saturated carbocycles. The van der Waals surface area contributed by atoms with E-state index in [0.29, 0.717) is 0 Å². The molecular weight excluding hydrogens is 219 g/mol. The summed E-state index contributed by atoms with van der Waals surface area (Å²) in [6.45, 7) is 0. The molecule has 19 heavy (non-hydrogen) atoms. The van der Waals surface area contributed by atoms with Crippen LogP contribution >= 0.6 is 0 Å². The maximum atomic E-state index is 2.29. The molecule has 92 valence electrons. The molecule has 0 radical (unpaired) electrons. The van der Waals surface area contributed by atoms with Gasteiger partial charge in [0.2, 0.25) is 0 Å². The molecule has 0 heterocycles. The molecule has 0 fully saturated rings. The fourth-order valence-electron chi connectivity index (χ4n) is 2.18. The molecular formula is C18H15Bi. The van der Waals surface area contributed by atoms with Crippen molar-refractivity contribution in [2.24, 2.45) is 0 Å². The van der Waals surface area contributed by atoms with Gasteiger partial charge in [-0.2, -0.15) is 0 Å². The topological polar surface area (TPSA) is 0 Å².